The zero-order valence-corrected chi connectivity index (χ0v) is 12.3. The summed E-state index contributed by atoms with van der Waals surface area (Å²) in [7, 11) is 1.22. The Hall–Kier alpha value is -2.58. The highest BCUT2D eigenvalue weighted by Crippen LogP contribution is 2.25. The molecule has 6 heteroatoms. The van der Waals surface area contributed by atoms with Gasteiger partial charge in [-0.3, -0.25) is 0 Å². The first kappa shape index (κ1) is 14.8. The molecule has 0 bridgehead atoms. The van der Waals surface area contributed by atoms with E-state index in [-0.39, 0.29) is 5.57 Å². The van der Waals surface area contributed by atoms with E-state index in [0.29, 0.717) is 16.4 Å². The van der Waals surface area contributed by atoms with Crippen LogP contribution in [0.2, 0.25) is 5.15 Å². The third-order valence-corrected chi connectivity index (χ3v) is 3.23. The Kier molecular flexibility index (Phi) is 4.41. The van der Waals surface area contributed by atoms with Gasteiger partial charge in [-0.05, 0) is 25.1 Å². The molecule has 1 heterocycles. The van der Waals surface area contributed by atoms with Crippen molar-refractivity contribution >= 4 is 23.6 Å². The molecule has 5 nitrogen and oxygen atoms in total. The van der Waals surface area contributed by atoms with Gasteiger partial charge in [-0.1, -0.05) is 29.8 Å². The molecule has 0 unspecified atom stereocenters. The molecule has 0 amide bonds. The standard InChI is InChI=1S/C15H12ClN3O2/c1-10-13(8-11(9-17)15(20)21-2)14(16)19(18-10)12-6-4-3-5-7-12/h3-8H,1-2H3/b11-8-. The van der Waals surface area contributed by atoms with E-state index in [2.05, 4.69) is 9.84 Å². The topological polar surface area (TPSA) is 67.9 Å². The molecule has 0 saturated carbocycles. The van der Waals surface area contributed by atoms with Crippen molar-refractivity contribution in [2.75, 3.05) is 7.11 Å². The first-order valence-corrected chi connectivity index (χ1v) is 6.47. The average molecular weight is 302 g/mol. The highest BCUT2D eigenvalue weighted by Gasteiger charge is 2.16. The molecule has 2 aromatic rings. The van der Waals surface area contributed by atoms with Crippen LogP contribution in [0.4, 0.5) is 0 Å². The molecule has 0 N–H and O–H groups in total. The van der Waals surface area contributed by atoms with Gasteiger partial charge in [0.1, 0.15) is 16.8 Å². The number of carbonyl (C=O) groups excluding carboxylic acids is 1. The first-order valence-electron chi connectivity index (χ1n) is 6.09. The molecule has 0 spiro atoms. The third-order valence-electron chi connectivity index (χ3n) is 2.86. The van der Waals surface area contributed by atoms with Gasteiger partial charge in [-0.2, -0.15) is 10.4 Å². The summed E-state index contributed by atoms with van der Waals surface area (Å²) >= 11 is 6.31. The fourth-order valence-corrected chi connectivity index (χ4v) is 2.13. The molecule has 0 fully saturated rings. The van der Waals surface area contributed by atoms with Gasteiger partial charge in [0.2, 0.25) is 0 Å². The van der Waals surface area contributed by atoms with Crippen LogP contribution in [0.1, 0.15) is 11.3 Å². The lowest BCUT2D eigenvalue weighted by Gasteiger charge is -2.02. The number of aryl methyl sites for hydroxylation is 1. The smallest absolute Gasteiger partial charge is 0.348 e. The highest BCUT2D eigenvalue weighted by atomic mass is 35.5. The number of hydrogen-bond acceptors (Lipinski definition) is 4. The van der Waals surface area contributed by atoms with Crippen molar-refractivity contribution in [3.63, 3.8) is 0 Å². The van der Waals surface area contributed by atoms with Gasteiger partial charge in [0.15, 0.2) is 0 Å². The fraction of sp³-hybridized carbons (Fsp3) is 0.133. The molecule has 21 heavy (non-hydrogen) atoms. The maximum atomic E-state index is 11.5. The number of nitrogens with zero attached hydrogens (tertiary/aromatic N) is 3. The molecular weight excluding hydrogens is 290 g/mol. The van der Waals surface area contributed by atoms with Gasteiger partial charge in [-0.25, -0.2) is 9.48 Å². The summed E-state index contributed by atoms with van der Waals surface area (Å²) < 4.78 is 6.10. The van der Waals surface area contributed by atoms with Crippen molar-refractivity contribution in [1.29, 1.82) is 5.26 Å². The minimum atomic E-state index is -0.708. The lowest BCUT2D eigenvalue weighted by Crippen LogP contribution is -2.02. The number of halogens is 1. The maximum absolute atomic E-state index is 11.5. The molecule has 106 valence electrons. The van der Waals surface area contributed by atoms with E-state index in [1.165, 1.54) is 13.2 Å². The normalized spacial score (nSPS) is 11.0. The van der Waals surface area contributed by atoms with Gasteiger partial charge >= 0.3 is 5.97 Å². The molecule has 1 aromatic heterocycles. The number of hydrogen-bond donors (Lipinski definition) is 0. The van der Waals surface area contributed by atoms with E-state index in [1.54, 1.807) is 17.7 Å². The van der Waals surface area contributed by atoms with Crippen LogP contribution >= 0.6 is 11.6 Å². The predicted octanol–water partition coefficient (Wildman–Crippen LogP) is 2.91. The van der Waals surface area contributed by atoms with Crippen LogP contribution in [0.15, 0.2) is 35.9 Å². The second-order valence-corrected chi connectivity index (χ2v) is 4.56. The van der Waals surface area contributed by atoms with Gasteiger partial charge in [-0.15, -0.1) is 0 Å². The summed E-state index contributed by atoms with van der Waals surface area (Å²) in [6.45, 7) is 1.75. The third kappa shape index (κ3) is 2.96. The van der Waals surface area contributed by atoms with Crippen molar-refractivity contribution in [2.24, 2.45) is 0 Å². The Balaban J connectivity index is 2.53. The molecule has 0 atom stereocenters. The zero-order valence-electron chi connectivity index (χ0n) is 11.5. The van der Waals surface area contributed by atoms with Crippen LogP contribution in [0, 0.1) is 18.3 Å². The monoisotopic (exact) mass is 301 g/mol. The number of benzene rings is 1. The number of nitriles is 1. The van der Waals surface area contributed by atoms with Crippen LogP contribution in [0.5, 0.6) is 0 Å². The highest BCUT2D eigenvalue weighted by molar-refractivity contribution is 6.31. The summed E-state index contributed by atoms with van der Waals surface area (Å²) in [5.74, 6) is -0.708. The largest absolute Gasteiger partial charge is 0.465 e. The molecule has 0 aliphatic heterocycles. The minimum Gasteiger partial charge on any atom is -0.465 e. The molecular formula is C15H12ClN3O2. The molecule has 1 aromatic carbocycles. The first-order chi connectivity index (χ1) is 10.1. The Labute approximate surface area is 127 Å². The van der Waals surface area contributed by atoms with Crippen molar-refractivity contribution < 1.29 is 9.53 Å². The predicted molar refractivity (Wildman–Crippen MR) is 78.9 cm³/mol. The van der Waals surface area contributed by atoms with Crippen LogP contribution in [-0.2, 0) is 9.53 Å². The lowest BCUT2D eigenvalue weighted by molar-refractivity contribution is -0.135. The van der Waals surface area contributed by atoms with Crippen LogP contribution in [-0.4, -0.2) is 22.9 Å². The SMILES string of the molecule is COC(=O)/C(C#N)=C\c1c(C)nn(-c2ccccc2)c1Cl. The van der Waals surface area contributed by atoms with E-state index in [1.807, 2.05) is 30.3 Å². The average Bonchev–Trinajstić information content (AvgIpc) is 2.80. The Morgan fingerprint density at radius 1 is 1.43 bits per heavy atom. The Morgan fingerprint density at radius 2 is 2.10 bits per heavy atom. The number of rotatable bonds is 3. The number of ether oxygens (including phenoxy) is 1. The molecule has 0 radical (unpaired) electrons. The van der Waals surface area contributed by atoms with Crippen LogP contribution in [0.25, 0.3) is 11.8 Å². The van der Waals surface area contributed by atoms with E-state index < -0.39 is 5.97 Å². The summed E-state index contributed by atoms with van der Waals surface area (Å²) in [5, 5.41) is 13.7. The van der Waals surface area contributed by atoms with Gasteiger partial charge in [0.05, 0.1) is 18.5 Å². The molecule has 0 saturated heterocycles. The van der Waals surface area contributed by atoms with E-state index in [4.69, 9.17) is 16.9 Å². The van der Waals surface area contributed by atoms with Gasteiger partial charge < -0.3 is 4.74 Å². The van der Waals surface area contributed by atoms with Crippen LogP contribution in [0.3, 0.4) is 0 Å². The number of esters is 1. The summed E-state index contributed by atoms with van der Waals surface area (Å²) in [4.78, 5) is 11.5. The van der Waals surface area contributed by atoms with E-state index >= 15 is 0 Å². The fourth-order valence-electron chi connectivity index (χ4n) is 1.81. The minimum absolute atomic E-state index is 0.130. The summed E-state index contributed by atoms with van der Waals surface area (Å²) in [6, 6.07) is 11.1. The second-order valence-electron chi connectivity index (χ2n) is 4.20. The van der Waals surface area contributed by atoms with Crippen molar-refractivity contribution in [3.8, 4) is 11.8 Å². The molecule has 2 rings (SSSR count). The molecule has 0 aliphatic rings. The van der Waals surface area contributed by atoms with Gasteiger partial charge in [0, 0.05) is 5.56 Å². The number of methoxy groups -OCH3 is 1. The number of aromatic nitrogens is 2. The van der Waals surface area contributed by atoms with E-state index in [0.717, 1.165) is 5.69 Å². The maximum Gasteiger partial charge on any atom is 0.348 e. The lowest BCUT2D eigenvalue weighted by atomic mass is 10.1. The van der Waals surface area contributed by atoms with Crippen LogP contribution < -0.4 is 0 Å². The Morgan fingerprint density at radius 3 is 2.67 bits per heavy atom. The summed E-state index contributed by atoms with van der Waals surface area (Å²) in [5.41, 5.74) is 1.79. The Bertz CT molecular complexity index is 742. The number of carbonyl (C=O) groups is 1. The second kappa shape index (κ2) is 6.25. The van der Waals surface area contributed by atoms with Crippen molar-refractivity contribution in [3.05, 3.63) is 52.3 Å². The summed E-state index contributed by atoms with van der Waals surface area (Å²) in [6.07, 6.45) is 1.38. The van der Waals surface area contributed by atoms with Crippen molar-refractivity contribution in [2.45, 2.75) is 6.92 Å². The molecule has 0 aliphatic carbocycles. The zero-order chi connectivity index (χ0) is 15.4. The van der Waals surface area contributed by atoms with Gasteiger partial charge in [0.25, 0.3) is 0 Å². The number of para-hydroxylation sites is 1. The van der Waals surface area contributed by atoms with Crippen molar-refractivity contribution in [1.82, 2.24) is 9.78 Å². The van der Waals surface area contributed by atoms with E-state index in [9.17, 15) is 4.79 Å². The quantitative estimate of drug-likeness (QED) is 0.496.